The Bertz CT molecular complexity index is 751. The van der Waals surface area contributed by atoms with E-state index in [9.17, 15) is 18.3 Å². The summed E-state index contributed by atoms with van der Waals surface area (Å²) in [4.78, 5) is 10.7. The summed E-state index contributed by atoms with van der Waals surface area (Å²) in [6.07, 6.45) is 9.70. The quantitative estimate of drug-likeness (QED) is 0.336. The number of rotatable bonds is 9. The Balaban J connectivity index is 0.00000261. The molecule has 2 saturated carbocycles. The van der Waals surface area contributed by atoms with Crippen LogP contribution in [0.25, 0.3) is 0 Å². The number of carboxylic acids is 1. The van der Waals surface area contributed by atoms with E-state index in [0.717, 1.165) is 25.7 Å². The first kappa shape index (κ1) is 22.6. The van der Waals surface area contributed by atoms with Crippen LogP contribution in [0.5, 0.6) is 0 Å². The van der Waals surface area contributed by atoms with E-state index in [1.54, 1.807) is 24.3 Å². The summed E-state index contributed by atoms with van der Waals surface area (Å²) < 4.78 is 28.4. The molecule has 2 aliphatic carbocycles. The molecule has 1 aromatic rings. The number of carboxylic acid groups (broad SMARTS) is 1. The molecule has 142 valence electrons. The molecule has 3 rings (SSSR count). The average Bonchev–Trinajstić information content (AvgIpc) is 3.20. The molecular formula is C20H26NNaO4S. The van der Waals surface area contributed by atoms with Crippen molar-refractivity contribution in [3.63, 3.8) is 0 Å². The minimum absolute atomic E-state index is 0. The van der Waals surface area contributed by atoms with Crippen molar-refractivity contribution in [3.05, 3.63) is 42.5 Å². The van der Waals surface area contributed by atoms with Crippen LogP contribution in [-0.4, -0.2) is 20.4 Å². The van der Waals surface area contributed by atoms with Crippen LogP contribution in [0, 0.1) is 17.8 Å². The van der Waals surface area contributed by atoms with Gasteiger partial charge in [-0.3, -0.25) is 0 Å². The maximum atomic E-state index is 12.7. The molecule has 4 atom stereocenters. The second-order valence-electron chi connectivity index (χ2n) is 7.43. The molecule has 0 aromatic heterocycles. The first-order valence-electron chi connectivity index (χ1n) is 9.39. The number of sulfonamides is 1. The molecule has 2 bridgehead atoms. The third-order valence-electron chi connectivity index (χ3n) is 5.76. The van der Waals surface area contributed by atoms with Crippen LogP contribution in [0.15, 0.2) is 47.4 Å². The first-order valence-corrected chi connectivity index (χ1v) is 10.9. The van der Waals surface area contributed by atoms with Crippen LogP contribution in [-0.2, 0) is 14.8 Å². The van der Waals surface area contributed by atoms with Gasteiger partial charge in [-0.2, -0.15) is 0 Å². The van der Waals surface area contributed by atoms with Gasteiger partial charge in [-0.05, 0) is 74.8 Å². The van der Waals surface area contributed by atoms with Crippen LogP contribution in [0.3, 0.4) is 0 Å². The minimum atomic E-state index is -3.49. The standard InChI is InChI=1S/C20H27NO4S.Na/c22-19(23)11-7-2-1-6-10-18-15-12-13-16(14-15)20(18)21-26(24,25)17-8-4-3-5-9-17;/h1,3-6,8-9,15-16,18,20-21H,2,7,10-14H2,(H,22,23);/q;+1/p-1/b6-1+;/t15-,16+,18-,20-;/m1./s1. The third kappa shape index (κ3) is 5.91. The molecular weight excluding hydrogens is 373 g/mol. The van der Waals surface area contributed by atoms with Crippen molar-refractivity contribution in [1.29, 1.82) is 0 Å². The van der Waals surface area contributed by atoms with Gasteiger partial charge in [-0.25, -0.2) is 13.1 Å². The Morgan fingerprint density at radius 1 is 1.15 bits per heavy atom. The van der Waals surface area contributed by atoms with Gasteiger partial charge in [0.1, 0.15) is 0 Å². The second kappa shape index (κ2) is 10.2. The Kier molecular flexibility index (Phi) is 8.56. The van der Waals surface area contributed by atoms with Gasteiger partial charge in [0.05, 0.1) is 4.90 Å². The topological polar surface area (TPSA) is 86.3 Å². The summed E-state index contributed by atoms with van der Waals surface area (Å²) in [5.74, 6) is 0.317. The van der Waals surface area contributed by atoms with Gasteiger partial charge in [0, 0.05) is 12.0 Å². The second-order valence-corrected chi connectivity index (χ2v) is 9.14. The first-order chi connectivity index (χ1) is 12.5. The Morgan fingerprint density at radius 3 is 2.56 bits per heavy atom. The number of fused-ring (bicyclic) bond motifs is 2. The van der Waals surface area contributed by atoms with E-state index in [2.05, 4.69) is 10.8 Å². The molecule has 0 spiro atoms. The van der Waals surface area contributed by atoms with Gasteiger partial charge in [-0.15, -0.1) is 0 Å². The molecule has 0 unspecified atom stereocenters. The fourth-order valence-electron chi connectivity index (χ4n) is 4.52. The zero-order chi connectivity index (χ0) is 18.6. The molecule has 5 nitrogen and oxygen atoms in total. The van der Waals surface area contributed by atoms with Crippen LogP contribution >= 0.6 is 0 Å². The van der Waals surface area contributed by atoms with E-state index >= 15 is 0 Å². The molecule has 0 saturated heterocycles. The third-order valence-corrected chi connectivity index (χ3v) is 7.23. The number of allylic oxidation sites excluding steroid dienone is 2. The minimum Gasteiger partial charge on any atom is -0.550 e. The van der Waals surface area contributed by atoms with Crippen molar-refractivity contribution >= 4 is 16.0 Å². The van der Waals surface area contributed by atoms with Crippen molar-refractivity contribution in [2.24, 2.45) is 17.8 Å². The molecule has 0 aliphatic heterocycles. The van der Waals surface area contributed by atoms with E-state index in [1.165, 1.54) is 6.42 Å². The fourth-order valence-corrected chi connectivity index (χ4v) is 5.89. The summed E-state index contributed by atoms with van der Waals surface area (Å²) >= 11 is 0. The van der Waals surface area contributed by atoms with Crippen molar-refractivity contribution in [2.45, 2.75) is 55.9 Å². The summed E-state index contributed by atoms with van der Waals surface area (Å²) in [5.41, 5.74) is 0. The molecule has 0 amide bonds. The largest absolute Gasteiger partial charge is 1.00 e. The van der Waals surface area contributed by atoms with Gasteiger partial charge < -0.3 is 9.90 Å². The van der Waals surface area contributed by atoms with E-state index in [0.29, 0.717) is 29.1 Å². The van der Waals surface area contributed by atoms with Crippen molar-refractivity contribution in [3.8, 4) is 0 Å². The van der Waals surface area contributed by atoms with Crippen LogP contribution < -0.4 is 39.4 Å². The summed E-state index contributed by atoms with van der Waals surface area (Å²) in [6, 6.07) is 8.53. The zero-order valence-electron chi connectivity index (χ0n) is 15.8. The molecule has 27 heavy (non-hydrogen) atoms. The summed E-state index contributed by atoms with van der Waals surface area (Å²) in [5, 5.41) is 10.4. The number of unbranched alkanes of at least 4 members (excludes halogenated alkanes) is 1. The molecule has 1 N–H and O–H groups in total. The Labute approximate surface area is 184 Å². The van der Waals surface area contributed by atoms with Crippen LogP contribution in [0.4, 0.5) is 0 Å². The van der Waals surface area contributed by atoms with Gasteiger partial charge in [0.15, 0.2) is 0 Å². The van der Waals surface area contributed by atoms with Crippen LogP contribution in [0.1, 0.15) is 44.9 Å². The number of carbonyl (C=O) groups is 1. The van der Waals surface area contributed by atoms with Crippen molar-refractivity contribution < 1.29 is 47.9 Å². The molecule has 1 aromatic carbocycles. The zero-order valence-corrected chi connectivity index (χ0v) is 18.7. The van der Waals surface area contributed by atoms with E-state index < -0.39 is 16.0 Å². The number of nitrogens with one attached hydrogen (secondary N) is 1. The number of aliphatic carboxylic acids is 1. The van der Waals surface area contributed by atoms with Gasteiger partial charge in [0.25, 0.3) is 0 Å². The van der Waals surface area contributed by atoms with E-state index in [-0.39, 0.29) is 42.0 Å². The van der Waals surface area contributed by atoms with Crippen molar-refractivity contribution in [1.82, 2.24) is 4.72 Å². The maximum Gasteiger partial charge on any atom is 1.00 e. The summed E-state index contributed by atoms with van der Waals surface area (Å²) in [7, 11) is -3.49. The van der Waals surface area contributed by atoms with E-state index in [1.807, 2.05) is 12.1 Å². The van der Waals surface area contributed by atoms with Crippen molar-refractivity contribution in [2.75, 3.05) is 0 Å². The Hall–Kier alpha value is -0.660. The van der Waals surface area contributed by atoms with Gasteiger partial charge in [-0.1, -0.05) is 30.4 Å². The maximum absolute atomic E-state index is 12.7. The fraction of sp³-hybridized carbons (Fsp3) is 0.550. The molecule has 2 fully saturated rings. The van der Waals surface area contributed by atoms with Gasteiger partial charge >= 0.3 is 29.6 Å². The molecule has 0 heterocycles. The predicted molar refractivity (Wildman–Crippen MR) is 97.5 cm³/mol. The average molecular weight is 399 g/mol. The Morgan fingerprint density at radius 2 is 1.85 bits per heavy atom. The number of hydrogen-bond donors (Lipinski definition) is 1. The monoisotopic (exact) mass is 399 g/mol. The normalized spacial score (nSPS) is 27.0. The predicted octanol–water partition coefficient (Wildman–Crippen LogP) is -0.750. The number of benzene rings is 1. The molecule has 2 aliphatic rings. The number of carbonyl (C=O) groups excluding carboxylic acids is 1. The summed E-state index contributed by atoms with van der Waals surface area (Å²) in [6.45, 7) is 0. The van der Waals surface area contributed by atoms with Crippen LogP contribution in [0.2, 0.25) is 0 Å². The van der Waals surface area contributed by atoms with Gasteiger partial charge in [0.2, 0.25) is 10.0 Å². The smallest absolute Gasteiger partial charge is 0.550 e. The molecule has 0 radical (unpaired) electrons. The van der Waals surface area contributed by atoms with E-state index in [4.69, 9.17) is 0 Å². The molecule has 7 heteroatoms. The SMILES string of the molecule is O=C([O-])CCC/C=C/C[C@@H]1[C@@H]2CC[C@@H](C2)[C@H]1NS(=O)(=O)c1ccccc1.[Na+]. The number of hydrogen-bond acceptors (Lipinski definition) is 4.